The van der Waals surface area contributed by atoms with Gasteiger partial charge < -0.3 is 9.80 Å². The van der Waals surface area contributed by atoms with Gasteiger partial charge in [0.2, 0.25) is 5.28 Å². The van der Waals surface area contributed by atoms with Gasteiger partial charge in [0.25, 0.3) is 0 Å². The summed E-state index contributed by atoms with van der Waals surface area (Å²) < 4.78 is 0. The SMILES string of the molecule is CN1CCC(N(C)c2nc(Cl)nc3scc(-c4ccccc4)c23)CC1. The van der Waals surface area contributed by atoms with E-state index in [1.54, 1.807) is 11.3 Å². The zero-order valence-corrected chi connectivity index (χ0v) is 16.0. The van der Waals surface area contributed by atoms with Crippen LogP contribution in [0.3, 0.4) is 0 Å². The van der Waals surface area contributed by atoms with Crippen LogP contribution in [0.2, 0.25) is 5.28 Å². The molecule has 3 aromatic rings. The molecule has 1 aliphatic heterocycles. The molecule has 0 atom stereocenters. The monoisotopic (exact) mass is 372 g/mol. The van der Waals surface area contributed by atoms with Gasteiger partial charge in [0.05, 0.1) is 5.39 Å². The zero-order valence-electron chi connectivity index (χ0n) is 14.4. The largest absolute Gasteiger partial charge is 0.356 e. The quantitative estimate of drug-likeness (QED) is 0.632. The first kappa shape index (κ1) is 16.8. The van der Waals surface area contributed by atoms with Crippen molar-refractivity contribution in [2.24, 2.45) is 0 Å². The molecule has 1 fully saturated rings. The molecule has 1 aromatic carbocycles. The highest BCUT2D eigenvalue weighted by atomic mass is 35.5. The summed E-state index contributed by atoms with van der Waals surface area (Å²) in [5, 5.41) is 3.60. The Morgan fingerprint density at radius 1 is 1.16 bits per heavy atom. The molecule has 6 heteroatoms. The van der Waals surface area contributed by atoms with Crippen molar-refractivity contribution in [2.75, 3.05) is 32.1 Å². The molecular weight excluding hydrogens is 352 g/mol. The molecule has 1 aliphatic rings. The Hall–Kier alpha value is -1.69. The second-order valence-corrected chi connectivity index (χ2v) is 7.85. The van der Waals surface area contributed by atoms with Crippen LogP contribution in [0.25, 0.3) is 21.3 Å². The molecule has 0 saturated carbocycles. The molecule has 0 spiro atoms. The Balaban J connectivity index is 1.81. The van der Waals surface area contributed by atoms with Crippen LogP contribution in [-0.2, 0) is 0 Å². The topological polar surface area (TPSA) is 32.3 Å². The number of hydrogen-bond donors (Lipinski definition) is 0. The number of thiophene rings is 1. The molecule has 4 rings (SSSR count). The first-order valence-corrected chi connectivity index (χ1v) is 9.81. The summed E-state index contributed by atoms with van der Waals surface area (Å²) in [4.78, 5) is 14.7. The van der Waals surface area contributed by atoms with Crippen molar-refractivity contribution in [1.82, 2.24) is 14.9 Å². The Morgan fingerprint density at radius 3 is 2.60 bits per heavy atom. The number of aromatic nitrogens is 2. The molecule has 0 N–H and O–H groups in total. The Morgan fingerprint density at radius 2 is 1.88 bits per heavy atom. The summed E-state index contributed by atoms with van der Waals surface area (Å²) in [5.41, 5.74) is 2.38. The molecule has 0 amide bonds. The third-order valence-electron chi connectivity index (χ3n) is 5.04. The summed E-state index contributed by atoms with van der Waals surface area (Å²) in [6.45, 7) is 2.23. The number of fused-ring (bicyclic) bond motifs is 1. The number of likely N-dealkylation sites (tertiary alicyclic amines) is 1. The highest BCUT2D eigenvalue weighted by molar-refractivity contribution is 7.17. The van der Waals surface area contributed by atoms with Crippen molar-refractivity contribution >= 4 is 39.0 Å². The van der Waals surface area contributed by atoms with Crippen LogP contribution in [0.15, 0.2) is 35.7 Å². The minimum absolute atomic E-state index is 0.323. The number of halogens is 1. The first-order chi connectivity index (χ1) is 12.1. The maximum Gasteiger partial charge on any atom is 0.225 e. The first-order valence-electron chi connectivity index (χ1n) is 8.55. The van der Waals surface area contributed by atoms with Crippen LogP contribution in [0.1, 0.15) is 12.8 Å². The molecule has 1 saturated heterocycles. The average Bonchev–Trinajstić information content (AvgIpc) is 3.05. The normalized spacial score (nSPS) is 16.4. The van der Waals surface area contributed by atoms with Crippen molar-refractivity contribution in [1.29, 1.82) is 0 Å². The fourth-order valence-electron chi connectivity index (χ4n) is 3.54. The Kier molecular flexibility index (Phi) is 4.63. The highest BCUT2D eigenvalue weighted by Gasteiger charge is 2.25. The molecule has 0 unspecified atom stereocenters. The van der Waals surface area contributed by atoms with Gasteiger partial charge in [-0.05, 0) is 50.1 Å². The second kappa shape index (κ2) is 6.90. The number of piperidine rings is 1. The maximum atomic E-state index is 6.23. The van der Waals surface area contributed by atoms with Gasteiger partial charge in [-0.1, -0.05) is 30.3 Å². The average molecular weight is 373 g/mol. The van der Waals surface area contributed by atoms with Gasteiger partial charge in [0.1, 0.15) is 10.6 Å². The van der Waals surface area contributed by atoms with Gasteiger partial charge in [0, 0.05) is 24.0 Å². The number of benzene rings is 1. The van der Waals surface area contributed by atoms with E-state index in [1.807, 2.05) is 6.07 Å². The highest BCUT2D eigenvalue weighted by Crippen LogP contribution is 2.39. The number of hydrogen-bond acceptors (Lipinski definition) is 5. The van der Waals surface area contributed by atoms with E-state index < -0.39 is 0 Å². The van der Waals surface area contributed by atoms with Crippen LogP contribution >= 0.6 is 22.9 Å². The summed E-state index contributed by atoms with van der Waals surface area (Å²) in [5.74, 6) is 0.949. The van der Waals surface area contributed by atoms with Crippen LogP contribution in [0.5, 0.6) is 0 Å². The molecule has 0 aliphatic carbocycles. The zero-order chi connectivity index (χ0) is 17.4. The van der Waals surface area contributed by atoms with Gasteiger partial charge in [-0.25, -0.2) is 4.98 Å². The van der Waals surface area contributed by atoms with E-state index in [-0.39, 0.29) is 0 Å². The molecule has 25 heavy (non-hydrogen) atoms. The van der Waals surface area contributed by atoms with Crippen LogP contribution in [0.4, 0.5) is 5.82 Å². The standard InChI is InChI=1S/C19H21ClN4S/c1-23-10-8-14(9-11-23)24(2)17-16-15(13-6-4-3-5-7-13)12-25-18(16)22-19(20)21-17/h3-7,12,14H,8-11H2,1-2H3. The summed E-state index contributed by atoms with van der Waals surface area (Å²) in [6.07, 6.45) is 2.28. The van der Waals surface area contributed by atoms with E-state index >= 15 is 0 Å². The van der Waals surface area contributed by atoms with Crippen molar-refractivity contribution in [3.05, 3.63) is 41.0 Å². The van der Waals surface area contributed by atoms with E-state index in [9.17, 15) is 0 Å². The second-order valence-electron chi connectivity index (χ2n) is 6.66. The molecule has 2 aromatic heterocycles. The molecule has 3 heterocycles. The van der Waals surface area contributed by atoms with Crippen molar-refractivity contribution in [3.8, 4) is 11.1 Å². The Bertz CT molecular complexity index is 872. The molecule has 130 valence electrons. The molecule has 0 radical (unpaired) electrons. The van der Waals surface area contributed by atoms with E-state index in [1.165, 1.54) is 11.1 Å². The summed E-state index contributed by atoms with van der Waals surface area (Å²) >= 11 is 7.87. The smallest absolute Gasteiger partial charge is 0.225 e. The fourth-order valence-corrected chi connectivity index (χ4v) is 4.70. The third kappa shape index (κ3) is 3.24. The lowest BCUT2D eigenvalue weighted by Gasteiger charge is -2.36. The molecule has 0 bridgehead atoms. The van der Waals surface area contributed by atoms with E-state index in [0.717, 1.165) is 42.0 Å². The predicted octanol–water partition coefficient (Wildman–Crippen LogP) is 4.54. The van der Waals surface area contributed by atoms with Gasteiger partial charge in [-0.15, -0.1) is 11.3 Å². The van der Waals surface area contributed by atoms with E-state index in [2.05, 4.69) is 63.5 Å². The van der Waals surface area contributed by atoms with Crippen molar-refractivity contribution < 1.29 is 0 Å². The van der Waals surface area contributed by atoms with Crippen LogP contribution in [0, 0.1) is 0 Å². The van der Waals surface area contributed by atoms with Gasteiger partial charge in [-0.3, -0.25) is 0 Å². The van der Waals surface area contributed by atoms with Crippen LogP contribution < -0.4 is 4.90 Å². The van der Waals surface area contributed by atoms with Gasteiger partial charge in [-0.2, -0.15) is 4.98 Å². The lowest BCUT2D eigenvalue weighted by Crippen LogP contribution is -2.42. The van der Waals surface area contributed by atoms with Gasteiger partial charge in [0.15, 0.2) is 0 Å². The maximum absolute atomic E-state index is 6.23. The van der Waals surface area contributed by atoms with Crippen molar-refractivity contribution in [3.63, 3.8) is 0 Å². The number of nitrogens with zero attached hydrogens (tertiary/aromatic N) is 4. The summed E-state index contributed by atoms with van der Waals surface area (Å²) in [6, 6.07) is 10.9. The molecular formula is C19H21ClN4S. The van der Waals surface area contributed by atoms with Gasteiger partial charge >= 0.3 is 0 Å². The van der Waals surface area contributed by atoms with E-state index in [4.69, 9.17) is 11.6 Å². The number of rotatable bonds is 3. The third-order valence-corrected chi connectivity index (χ3v) is 6.08. The minimum Gasteiger partial charge on any atom is -0.356 e. The Labute approximate surface area is 157 Å². The number of anilines is 1. The van der Waals surface area contributed by atoms with Crippen molar-refractivity contribution in [2.45, 2.75) is 18.9 Å². The predicted molar refractivity (Wildman–Crippen MR) is 107 cm³/mol. The molecule has 4 nitrogen and oxygen atoms in total. The van der Waals surface area contributed by atoms with E-state index in [0.29, 0.717) is 11.3 Å². The fraction of sp³-hybridized carbons (Fsp3) is 0.368. The minimum atomic E-state index is 0.323. The lowest BCUT2D eigenvalue weighted by molar-refractivity contribution is 0.252. The lowest BCUT2D eigenvalue weighted by atomic mass is 10.0. The van der Waals surface area contributed by atoms with Crippen LogP contribution in [-0.4, -0.2) is 48.1 Å². The summed E-state index contributed by atoms with van der Waals surface area (Å²) in [7, 11) is 4.32.